The third-order valence-corrected chi connectivity index (χ3v) is 4.97. The zero-order valence-electron chi connectivity index (χ0n) is 13.7. The summed E-state index contributed by atoms with van der Waals surface area (Å²) in [4.78, 5) is 26.5. The molecule has 1 unspecified atom stereocenters. The van der Waals surface area contributed by atoms with Crippen LogP contribution < -0.4 is 10.2 Å². The van der Waals surface area contributed by atoms with E-state index < -0.39 is 5.92 Å². The number of carbonyl (C=O) groups is 2. The van der Waals surface area contributed by atoms with Gasteiger partial charge in [-0.05, 0) is 36.1 Å². The van der Waals surface area contributed by atoms with E-state index in [1.54, 1.807) is 0 Å². The van der Waals surface area contributed by atoms with Crippen LogP contribution >= 0.6 is 0 Å². The lowest BCUT2D eigenvalue weighted by atomic mass is 10.0. The summed E-state index contributed by atoms with van der Waals surface area (Å²) >= 11 is 0. The molecule has 0 radical (unpaired) electrons. The summed E-state index contributed by atoms with van der Waals surface area (Å²) in [6.45, 7) is 0.229. The molecule has 1 saturated heterocycles. The molecule has 126 valence electrons. The largest absolute Gasteiger partial charge is 0.352 e. The average molecular weight is 333 g/mol. The predicted octanol–water partition coefficient (Wildman–Crippen LogP) is 1.95. The van der Waals surface area contributed by atoms with E-state index in [1.165, 1.54) is 16.0 Å². The molecule has 2 aromatic rings. The van der Waals surface area contributed by atoms with Crippen LogP contribution in [0.1, 0.15) is 11.1 Å². The lowest BCUT2D eigenvalue weighted by molar-refractivity contribution is -0.123. The molecule has 0 bridgehead atoms. The molecule has 5 nitrogen and oxygen atoms in total. The standard InChI is InChI=1S/C20H19N3O2/c21-18-17(12-23(20(18)25)16-8-2-1-3-9-16)19(24)22-15-10-13-6-4-5-7-14(13)11-15/h1-9,15,17,21H,10-12H2,(H,22,24). The maximum atomic E-state index is 12.7. The highest BCUT2D eigenvalue weighted by atomic mass is 16.2. The van der Waals surface area contributed by atoms with Crippen LogP contribution in [-0.2, 0) is 22.4 Å². The highest BCUT2D eigenvalue weighted by Gasteiger charge is 2.41. The summed E-state index contributed by atoms with van der Waals surface area (Å²) in [5, 5.41) is 11.1. The van der Waals surface area contributed by atoms with Gasteiger partial charge in [-0.3, -0.25) is 15.0 Å². The van der Waals surface area contributed by atoms with Crippen LogP contribution in [0.5, 0.6) is 0 Å². The molecule has 1 fully saturated rings. The van der Waals surface area contributed by atoms with E-state index in [-0.39, 0.29) is 30.1 Å². The van der Waals surface area contributed by atoms with Crippen LogP contribution in [0.2, 0.25) is 0 Å². The zero-order chi connectivity index (χ0) is 17.4. The van der Waals surface area contributed by atoms with Crippen molar-refractivity contribution in [3.05, 3.63) is 65.7 Å². The molecule has 0 spiro atoms. The van der Waals surface area contributed by atoms with Crippen molar-refractivity contribution in [3.8, 4) is 0 Å². The molecule has 1 heterocycles. The maximum Gasteiger partial charge on any atom is 0.272 e. The first kappa shape index (κ1) is 15.6. The van der Waals surface area contributed by atoms with Gasteiger partial charge in [0.1, 0.15) is 11.6 Å². The topological polar surface area (TPSA) is 73.3 Å². The molecule has 2 amide bonds. The lowest BCUT2D eigenvalue weighted by Gasteiger charge is -2.17. The summed E-state index contributed by atoms with van der Waals surface area (Å²) in [5.41, 5.74) is 3.12. The van der Waals surface area contributed by atoms with E-state index >= 15 is 0 Å². The van der Waals surface area contributed by atoms with Gasteiger partial charge in [0.15, 0.2) is 0 Å². The number of anilines is 1. The number of amides is 2. The van der Waals surface area contributed by atoms with Crippen molar-refractivity contribution in [2.24, 2.45) is 5.92 Å². The summed E-state index contributed by atoms with van der Waals surface area (Å²) in [6, 6.07) is 17.4. The van der Waals surface area contributed by atoms with Crippen LogP contribution in [0.3, 0.4) is 0 Å². The number of nitrogens with zero attached hydrogens (tertiary/aromatic N) is 1. The summed E-state index contributed by atoms with van der Waals surface area (Å²) in [7, 11) is 0. The summed E-state index contributed by atoms with van der Waals surface area (Å²) < 4.78 is 0. The minimum Gasteiger partial charge on any atom is -0.352 e. The molecular weight excluding hydrogens is 314 g/mol. The maximum absolute atomic E-state index is 12.7. The number of benzene rings is 2. The van der Waals surface area contributed by atoms with Crippen molar-refractivity contribution in [1.82, 2.24) is 5.32 Å². The number of hydrogen-bond donors (Lipinski definition) is 2. The number of fused-ring (bicyclic) bond motifs is 1. The van der Waals surface area contributed by atoms with Gasteiger partial charge >= 0.3 is 0 Å². The van der Waals surface area contributed by atoms with Crippen molar-refractivity contribution in [1.29, 1.82) is 5.41 Å². The Morgan fingerprint density at radius 1 is 1.00 bits per heavy atom. The van der Waals surface area contributed by atoms with Crippen molar-refractivity contribution in [2.45, 2.75) is 18.9 Å². The fourth-order valence-electron chi connectivity index (χ4n) is 3.66. The molecule has 2 N–H and O–H groups in total. The lowest BCUT2D eigenvalue weighted by Crippen LogP contribution is -2.42. The fraction of sp³-hybridized carbons (Fsp3) is 0.250. The minimum atomic E-state index is -0.712. The summed E-state index contributed by atoms with van der Waals surface area (Å²) in [6.07, 6.45) is 1.61. The molecule has 4 rings (SSSR count). The molecule has 5 heteroatoms. The van der Waals surface area contributed by atoms with E-state index in [0.717, 1.165) is 18.5 Å². The second kappa shape index (κ2) is 6.16. The number of para-hydroxylation sites is 1. The van der Waals surface area contributed by atoms with Crippen LogP contribution in [0.4, 0.5) is 5.69 Å². The zero-order valence-corrected chi connectivity index (χ0v) is 13.7. The van der Waals surface area contributed by atoms with E-state index in [2.05, 4.69) is 17.4 Å². The Kier molecular flexibility index (Phi) is 3.84. The second-order valence-corrected chi connectivity index (χ2v) is 6.60. The Hall–Kier alpha value is -2.95. The van der Waals surface area contributed by atoms with Crippen LogP contribution in [0, 0.1) is 11.3 Å². The second-order valence-electron chi connectivity index (χ2n) is 6.60. The molecule has 1 atom stereocenters. The molecule has 2 aromatic carbocycles. The molecule has 1 aliphatic carbocycles. The predicted molar refractivity (Wildman–Crippen MR) is 95.8 cm³/mol. The number of hydrogen-bond acceptors (Lipinski definition) is 3. The SMILES string of the molecule is N=C1C(=O)N(c2ccccc2)CC1C(=O)NC1Cc2ccccc2C1. The van der Waals surface area contributed by atoms with Gasteiger partial charge in [0.2, 0.25) is 5.91 Å². The highest BCUT2D eigenvalue weighted by molar-refractivity contribution is 6.48. The van der Waals surface area contributed by atoms with Crippen LogP contribution in [0.15, 0.2) is 54.6 Å². The van der Waals surface area contributed by atoms with Gasteiger partial charge < -0.3 is 10.2 Å². The van der Waals surface area contributed by atoms with Gasteiger partial charge in [0.25, 0.3) is 5.91 Å². The van der Waals surface area contributed by atoms with Gasteiger partial charge in [0.05, 0.1) is 0 Å². The van der Waals surface area contributed by atoms with Gasteiger partial charge in [0, 0.05) is 18.3 Å². The Bertz CT molecular complexity index is 822. The first-order valence-electron chi connectivity index (χ1n) is 8.46. The van der Waals surface area contributed by atoms with Gasteiger partial charge in [-0.25, -0.2) is 0 Å². The van der Waals surface area contributed by atoms with Crippen LogP contribution in [0.25, 0.3) is 0 Å². The van der Waals surface area contributed by atoms with Crippen molar-refractivity contribution in [2.75, 3.05) is 11.4 Å². The molecule has 0 aromatic heterocycles. The van der Waals surface area contributed by atoms with Gasteiger partial charge in [-0.1, -0.05) is 42.5 Å². The van der Waals surface area contributed by atoms with E-state index in [9.17, 15) is 9.59 Å². The molecule has 2 aliphatic rings. The average Bonchev–Trinajstić information content (AvgIpc) is 3.17. The van der Waals surface area contributed by atoms with Crippen molar-refractivity contribution >= 4 is 23.2 Å². The quantitative estimate of drug-likeness (QED) is 0.901. The third-order valence-electron chi connectivity index (χ3n) is 4.97. The first-order chi connectivity index (χ1) is 12.1. The monoisotopic (exact) mass is 333 g/mol. The number of nitrogens with one attached hydrogen (secondary N) is 2. The Balaban J connectivity index is 1.45. The van der Waals surface area contributed by atoms with Crippen LogP contribution in [-0.4, -0.2) is 30.1 Å². The highest BCUT2D eigenvalue weighted by Crippen LogP contribution is 2.25. The normalized spacial score (nSPS) is 20.0. The Labute approximate surface area is 146 Å². The van der Waals surface area contributed by atoms with Crippen molar-refractivity contribution < 1.29 is 9.59 Å². The summed E-state index contributed by atoms with van der Waals surface area (Å²) in [5.74, 6) is -1.33. The molecule has 25 heavy (non-hydrogen) atoms. The number of rotatable bonds is 3. The van der Waals surface area contributed by atoms with E-state index in [4.69, 9.17) is 5.41 Å². The molecule has 1 aliphatic heterocycles. The first-order valence-corrected chi connectivity index (χ1v) is 8.46. The van der Waals surface area contributed by atoms with E-state index in [0.29, 0.717) is 0 Å². The third kappa shape index (κ3) is 2.82. The van der Waals surface area contributed by atoms with Gasteiger partial charge in [-0.15, -0.1) is 0 Å². The fourth-order valence-corrected chi connectivity index (χ4v) is 3.66. The van der Waals surface area contributed by atoms with E-state index in [1.807, 2.05) is 42.5 Å². The smallest absolute Gasteiger partial charge is 0.272 e. The molecular formula is C20H19N3O2. The number of carbonyl (C=O) groups excluding carboxylic acids is 2. The molecule has 0 saturated carbocycles. The van der Waals surface area contributed by atoms with Crippen molar-refractivity contribution in [3.63, 3.8) is 0 Å². The van der Waals surface area contributed by atoms with Gasteiger partial charge in [-0.2, -0.15) is 0 Å². The Morgan fingerprint density at radius 2 is 1.60 bits per heavy atom. The minimum absolute atomic E-state index is 0.0403. The Morgan fingerprint density at radius 3 is 2.24 bits per heavy atom.